The van der Waals surface area contributed by atoms with Crippen LogP contribution in [0.1, 0.15) is 24.3 Å². The van der Waals surface area contributed by atoms with Gasteiger partial charge in [-0.3, -0.25) is 0 Å². The summed E-state index contributed by atoms with van der Waals surface area (Å²) in [5.41, 5.74) is -0.440. The SMILES string of the molecule is O=C(Nc1cccnc1N1CCCC1)N1CC(c2ccccc2)C(F)(CO)C1. The summed E-state index contributed by atoms with van der Waals surface area (Å²) in [6, 6.07) is 12.4. The van der Waals surface area contributed by atoms with Gasteiger partial charge in [-0.15, -0.1) is 0 Å². The fourth-order valence-electron chi connectivity index (χ4n) is 4.15. The van der Waals surface area contributed by atoms with Crippen LogP contribution in [0.5, 0.6) is 0 Å². The number of aromatic nitrogens is 1. The zero-order valence-corrected chi connectivity index (χ0v) is 15.7. The Morgan fingerprint density at radius 1 is 1.21 bits per heavy atom. The molecule has 0 bridgehead atoms. The third-order valence-corrected chi connectivity index (χ3v) is 5.67. The van der Waals surface area contributed by atoms with Crippen molar-refractivity contribution in [3.05, 3.63) is 54.2 Å². The summed E-state index contributed by atoms with van der Waals surface area (Å²) < 4.78 is 15.4. The molecule has 2 aliphatic rings. The van der Waals surface area contributed by atoms with Crippen LogP contribution in [-0.4, -0.2) is 59.5 Å². The van der Waals surface area contributed by atoms with Crippen molar-refractivity contribution in [2.75, 3.05) is 43.0 Å². The molecular formula is C21H25FN4O2. The Balaban J connectivity index is 1.52. The number of alkyl halides is 1. The maximum Gasteiger partial charge on any atom is 0.322 e. The van der Waals surface area contributed by atoms with E-state index in [1.165, 1.54) is 4.90 Å². The molecule has 2 fully saturated rings. The van der Waals surface area contributed by atoms with E-state index in [0.29, 0.717) is 5.69 Å². The Hall–Kier alpha value is -2.67. The Kier molecular flexibility index (Phi) is 5.17. The van der Waals surface area contributed by atoms with Gasteiger partial charge < -0.3 is 20.2 Å². The largest absolute Gasteiger partial charge is 0.393 e. The zero-order valence-electron chi connectivity index (χ0n) is 15.7. The molecule has 2 N–H and O–H groups in total. The smallest absolute Gasteiger partial charge is 0.322 e. The number of pyridine rings is 1. The molecule has 0 spiro atoms. The number of nitrogens with zero attached hydrogens (tertiary/aromatic N) is 3. The molecule has 148 valence electrons. The number of hydrogen-bond acceptors (Lipinski definition) is 4. The summed E-state index contributed by atoms with van der Waals surface area (Å²) in [6.45, 7) is 1.28. The van der Waals surface area contributed by atoms with Gasteiger partial charge in [-0.2, -0.15) is 0 Å². The van der Waals surface area contributed by atoms with Crippen molar-refractivity contribution in [2.24, 2.45) is 0 Å². The molecule has 4 rings (SSSR count). The number of hydrogen-bond donors (Lipinski definition) is 2. The molecule has 2 saturated heterocycles. The molecule has 6 nitrogen and oxygen atoms in total. The highest BCUT2D eigenvalue weighted by Crippen LogP contribution is 2.39. The van der Waals surface area contributed by atoms with Gasteiger partial charge in [0.05, 0.1) is 18.8 Å². The molecule has 0 saturated carbocycles. The molecule has 0 aliphatic carbocycles. The van der Waals surface area contributed by atoms with Crippen LogP contribution in [-0.2, 0) is 0 Å². The highest BCUT2D eigenvalue weighted by Gasteiger charge is 2.49. The first-order chi connectivity index (χ1) is 13.6. The number of urea groups is 1. The van der Waals surface area contributed by atoms with Crippen LogP contribution >= 0.6 is 0 Å². The third-order valence-electron chi connectivity index (χ3n) is 5.67. The molecule has 1 aromatic carbocycles. The standard InChI is InChI=1S/C21H25FN4O2/c22-21(15-27)14-26(13-17(21)16-7-2-1-3-8-16)20(28)24-18-9-6-10-23-19(18)25-11-4-5-12-25/h1-3,6-10,17,27H,4-5,11-15H2,(H,24,28). The van der Waals surface area contributed by atoms with E-state index in [0.717, 1.165) is 37.3 Å². The maximum atomic E-state index is 15.4. The Morgan fingerprint density at radius 2 is 1.96 bits per heavy atom. The van der Waals surface area contributed by atoms with E-state index in [4.69, 9.17) is 0 Å². The summed E-state index contributed by atoms with van der Waals surface area (Å²) in [7, 11) is 0. The van der Waals surface area contributed by atoms with Crippen LogP contribution in [0.3, 0.4) is 0 Å². The van der Waals surface area contributed by atoms with Crippen molar-refractivity contribution >= 4 is 17.5 Å². The summed E-state index contributed by atoms with van der Waals surface area (Å²) in [5.74, 6) is 0.192. The lowest BCUT2D eigenvalue weighted by molar-refractivity contribution is 0.0680. The minimum atomic E-state index is -1.86. The number of benzene rings is 1. The molecule has 1 aromatic heterocycles. The second-order valence-corrected chi connectivity index (χ2v) is 7.54. The Bertz CT molecular complexity index is 828. The summed E-state index contributed by atoms with van der Waals surface area (Å²) in [5, 5.41) is 12.6. The Morgan fingerprint density at radius 3 is 2.68 bits per heavy atom. The zero-order chi connectivity index (χ0) is 19.6. The van der Waals surface area contributed by atoms with Crippen LogP contribution < -0.4 is 10.2 Å². The molecule has 7 heteroatoms. The average Bonchev–Trinajstić information content (AvgIpc) is 3.38. The quantitative estimate of drug-likeness (QED) is 0.850. The number of aliphatic hydroxyl groups is 1. The maximum absolute atomic E-state index is 15.4. The van der Waals surface area contributed by atoms with Gasteiger partial charge >= 0.3 is 6.03 Å². The number of carbonyl (C=O) groups excluding carboxylic acids is 1. The van der Waals surface area contributed by atoms with Gasteiger partial charge in [-0.05, 0) is 30.5 Å². The van der Waals surface area contributed by atoms with E-state index in [-0.39, 0.29) is 19.1 Å². The van der Waals surface area contributed by atoms with Crippen molar-refractivity contribution < 1.29 is 14.3 Å². The van der Waals surface area contributed by atoms with Crippen molar-refractivity contribution in [3.63, 3.8) is 0 Å². The summed E-state index contributed by atoms with van der Waals surface area (Å²) >= 11 is 0. The fourth-order valence-corrected chi connectivity index (χ4v) is 4.15. The topological polar surface area (TPSA) is 68.7 Å². The van der Waals surface area contributed by atoms with Gasteiger partial charge in [0, 0.05) is 31.7 Å². The Labute approximate surface area is 164 Å². The molecule has 2 aromatic rings. The van der Waals surface area contributed by atoms with Gasteiger partial charge in [-0.25, -0.2) is 14.2 Å². The van der Waals surface area contributed by atoms with Crippen LogP contribution in [0.25, 0.3) is 0 Å². The van der Waals surface area contributed by atoms with Gasteiger partial charge in [0.25, 0.3) is 0 Å². The molecular weight excluding hydrogens is 359 g/mol. The van der Waals surface area contributed by atoms with E-state index in [1.54, 1.807) is 12.3 Å². The number of anilines is 2. The number of halogens is 1. The van der Waals surface area contributed by atoms with E-state index in [1.807, 2.05) is 36.4 Å². The predicted molar refractivity (Wildman–Crippen MR) is 106 cm³/mol. The number of nitrogens with one attached hydrogen (secondary N) is 1. The molecule has 28 heavy (non-hydrogen) atoms. The van der Waals surface area contributed by atoms with Crippen LogP contribution in [0.4, 0.5) is 20.7 Å². The van der Waals surface area contributed by atoms with Gasteiger partial charge in [0.1, 0.15) is 0 Å². The lowest BCUT2D eigenvalue weighted by Gasteiger charge is -2.24. The van der Waals surface area contributed by atoms with Crippen molar-refractivity contribution in [2.45, 2.75) is 24.4 Å². The van der Waals surface area contributed by atoms with E-state index >= 15 is 4.39 Å². The first-order valence-electron chi connectivity index (χ1n) is 9.71. The summed E-state index contributed by atoms with van der Waals surface area (Å²) in [6.07, 6.45) is 3.92. The van der Waals surface area contributed by atoms with E-state index < -0.39 is 18.2 Å². The lowest BCUT2D eigenvalue weighted by atomic mass is 9.87. The first-order valence-corrected chi connectivity index (χ1v) is 9.71. The molecule has 0 radical (unpaired) electrons. The second kappa shape index (κ2) is 7.75. The van der Waals surface area contributed by atoms with E-state index in [2.05, 4.69) is 15.2 Å². The van der Waals surface area contributed by atoms with Crippen LogP contribution in [0, 0.1) is 0 Å². The monoisotopic (exact) mass is 384 g/mol. The average molecular weight is 384 g/mol. The number of carbonyl (C=O) groups is 1. The van der Waals surface area contributed by atoms with Crippen molar-refractivity contribution in [1.82, 2.24) is 9.88 Å². The van der Waals surface area contributed by atoms with Crippen LogP contribution in [0.2, 0.25) is 0 Å². The van der Waals surface area contributed by atoms with Gasteiger partial charge in [-0.1, -0.05) is 30.3 Å². The molecule has 2 unspecified atom stereocenters. The van der Waals surface area contributed by atoms with Crippen molar-refractivity contribution in [3.8, 4) is 0 Å². The third kappa shape index (κ3) is 3.54. The van der Waals surface area contributed by atoms with Crippen LogP contribution in [0.15, 0.2) is 48.7 Å². The molecule has 3 heterocycles. The highest BCUT2D eigenvalue weighted by atomic mass is 19.1. The fraction of sp³-hybridized carbons (Fsp3) is 0.429. The minimum Gasteiger partial charge on any atom is -0.393 e. The lowest BCUT2D eigenvalue weighted by Crippen LogP contribution is -2.39. The minimum absolute atomic E-state index is 0.145. The first kappa shape index (κ1) is 18.7. The second-order valence-electron chi connectivity index (χ2n) is 7.54. The number of likely N-dealkylation sites (tertiary alicyclic amines) is 1. The molecule has 2 amide bonds. The highest BCUT2D eigenvalue weighted by molar-refractivity contribution is 5.92. The number of aliphatic hydroxyl groups excluding tert-OH is 1. The normalized spacial score (nSPS) is 24.6. The van der Waals surface area contributed by atoms with Gasteiger partial charge in [0.2, 0.25) is 0 Å². The van der Waals surface area contributed by atoms with Gasteiger partial charge in [0.15, 0.2) is 11.5 Å². The molecule has 2 aliphatic heterocycles. The number of amides is 2. The number of rotatable bonds is 4. The van der Waals surface area contributed by atoms with Crippen molar-refractivity contribution in [1.29, 1.82) is 0 Å². The van der Waals surface area contributed by atoms with E-state index in [9.17, 15) is 9.90 Å². The molecule has 2 atom stereocenters. The summed E-state index contributed by atoms with van der Waals surface area (Å²) in [4.78, 5) is 20.9. The predicted octanol–water partition coefficient (Wildman–Crippen LogP) is 3.01.